The first-order valence-electron chi connectivity index (χ1n) is 7.24. The third-order valence-electron chi connectivity index (χ3n) is 3.98. The molecule has 0 saturated carbocycles. The van der Waals surface area contributed by atoms with Gasteiger partial charge >= 0.3 is 0 Å². The van der Waals surface area contributed by atoms with Crippen molar-refractivity contribution in [2.24, 2.45) is 7.05 Å². The van der Waals surface area contributed by atoms with Gasteiger partial charge in [-0.25, -0.2) is 9.07 Å². The topological polar surface area (TPSA) is 64.7 Å². The van der Waals surface area contributed by atoms with E-state index in [9.17, 15) is 9.18 Å². The van der Waals surface area contributed by atoms with Crippen LogP contribution in [0.5, 0.6) is 0 Å². The summed E-state index contributed by atoms with van der Waals surface area (Å²) in [7, 11) is 1.82. The van der Waals surface area contributed by atoms with Crippen LogP contribution in [-0.4, -0.2) is 25.5 Å². The van der Waals surface area contributed by atoms with Gasteiger partial charge in [0.05, 0.1) is 11.9 Å². The van der Waals surface area contributed by atoms with E-state index < -0.39 is 0 Å². The van der Waals surface area contributed by atoms with E-state index in [4.69, 9.17) is 0 Å². The highest BCUT2D eigenvalue weighted by molar-refractivity contribution is 5.94. The van der Waals surface area contributed by atoms with E-state index in [1.54, 1.807) is 27.7 Å². The number of nitrogens with zero attached hydrogens (tertiary/aromatic N) is 4. The molecular formula is C16H14FN5O. The number of rotatable bonds is 2. The molecule has 116 valence electrons. The molecule has 1 unspecified atom stereocenters. The van der Waals surface area contributed by atoms with E-state index in [0.717, 1.165) is 16.8 Å². The number of halogens is 1. The zero-order valence-corrected chi connectivity index (χ0v) is 12.4. The second-order valence-electron chi connectivity index (χ2n) is 5.61. The Bertz CT molecular complexity index is 880. The maximum absolute atomic E-state index is 13.0. The van der Waals surface area contributed by atoms with Crippen molar-refractivity contribution in [2.75, 3.05) is 5.32 Å². The van der Waals surface area contributed by atoms with Gasteiger partial charge in [-0.3, -0.25) is 9.48 Å². The molecule has 1 aromatic carbocycles. The molecule has 23 heavy (non-hydrogen) atoms. The summed E-state index contributed by atoms with van der Waals surface area (Å²) in [5, 5.41) is 11.4. The van der Waals surface area contributed by atoms with Crippen LogP contribution in [0.15, 0.2) is 42.9 Å². The van der Waals surface area contributed by atoms with Crippen LogP contribution in [0.2, 0.25) is 0 Å². The molecule has 1 atom stereocenters. The van der Waals surface area contributed by atoms with Gasteiger partial charge in [0, 0.05) is 37.3 Å². The summed E-state index contributed by atoms with van der Waals surface area (Å²) in [6, 6.07) is 6.11. The fraction of sp³-hybridized carbons (Fsp3) is 0.188. The fourth-order valence-electron chi connectivity index (χ4n) is 2.89. The number of hydrogen-bond donors (Lipinski definition) is 1. The number of amides is 1. The van der Waals surface area contributed by atoms with Gasteiger partial charge in [-0.1, -0.05) is 0 Å². The number of benzene rings is 1. The Labute approximate surface area is 131 Å². The number of fused-ring (bicyclic) bond motifs is 1. The van der Waals surface area contributed by atoms with Gasteiger partial charge in [0.1, 0.15) is 5.82 Å². The molecule has 1 N–H and O–H groups in total. The van der Waals surface area contributed by atoms with Gasteiger partial charge in [-0.15, -0.1) is 0 Å². The van der Waals surface area contributed by atoms with Crippen molar-refractivity contribution in [2.45, 2.75) is 12.3 Å². The van der Waals surface area contributed by atoms with Crippen LogP contribution in [0, 0.1) is 5.82 Å². The molecule has 1 aliphatic rings. The molecule has 0 aliphatic carbocycles. The molecule has 2 aromatic heterocycles. The molecule has 1 amide bonds. The van der Waals surface area contributed by atoms with E-state index >= 15 is 0 Å². The summed E-state index contributed by atoms with van der Waals surface area (Å²) >= 11 is 0. The lowest BCUT2D eigenvalue weighted by atomic mass is 9.89. The van der Waals surface area contributed by atoms with E-state index in [0.29, 0.717) is 12.2 Å². The number of aromatic nitrogens is 4. The van der Waals surface area contributed by atoms with Crippen molar-refractivity contribution in [3.05, 3.63) is 59.8 Å². The second kappa shape index (κ2) is 5.05. The summed E-state index contributed by atoms with van der Waals surface area (Å²) in [6.07, 6.45) is 5.87. The van der Waals surface area contributed by atoms with Crippen molar-refractivity contribution < 1.29 is 9.18 Å². The molecule has 1 aliphatic heterocycles. The third kappa shape index (κ3) is 2.40. The Kier molecular flexibility index (Phi) is 3.00. The number of hydrogen-bond acceptors (Lipinski definition) is 3. The maximum atomic E-state index is 13.0. The number of aryl methyl sites for hydroxylation is 1. The predicted molar refractivity (Wildman–Crippen MR) is 81.8 cm³/mol. The highest BCUT2D eigenvalue weighted by atomic mass is 19.1. The molecule has 0 spiro atoms. The number of nitrogens with one attached hydrogen (secondary N) is 1. The smallest absolute Gasteiger partial charge is 0.226 e. The standard InChI is InChI=1S/C16H14FN5O/c1-21-9-14-13(6-15(23)19-16(14)20-21)10-7-18-22(8-10)12-4-2-11(17)3-5-12/h2-5,7-9,13H,6H2,1H3,(H,19,20,23). The van der Waals surface area contributed by atoms with Crippen LogP contribution in [0.1, 0.15) is 23.5 Å². The minimum atomic E-state index is -0.287. The van der Waals surface area contributed by atoms with Gasteiger partial charge in [0.2, 0.25) is 5.91 Å². The number of carbonyl (C=O) groups is 1. The summed E-state index contributed by atoms with van der Waals surface area (Å²) in [4.78, 5) is 11.9. The monoisotopic (exact) mass is 311 g/mol. The fourth-order valence-corrected chi connectivity index (χ4v) is 2.89. The van der Waals surface area contributed by atoms with E-state index in [2.05, 4.69) is 15.5 Å². The van der Waals surface area contributed by atoms with Crippen molar-refractivity contribution in [3.8, 4) is 5.69 Å². The van der Waals surface area contributed by atoms with E-state index in [1.165, 1.54) is 12.1 Å². The number of carbonyl (C=O) groups excluding carboxylic acids is 1. The van der Waals surface area contributed by atoms with Crippen LogP contribution >= 0.6 is 0 Å². The van der Waals surface area contributed by atoms with Crippen molar-refractivity contribution in [1.29, 1.82) is 0 Å². The quantitative estimate of drug-likeness (QED) is 0.789. The minimum absolute atomic E-state index is 0.0595. The maximum Gasteiger partial charge on any atom is 0.226 e. The summed E-state index contributed by atoms with van der Waals surface area (Å²) < 4.78 is 16.4. The zero-order chi connectivity index (χ0) is 16.0. The average Bonchev–Trinajstić information content (AvgIpc) is 3.13. The lowest BCUT2D eigenvalue weighted by Gasteiger charge is -2.20. The predicted octanol–water partition coefficient (Wildman–Crippen LogP) is 2.22. The zero-order valence-electron chi connectivity index (χ0n) is 12.4. The normalized spacial score (nSPS) is 17.0. The first-order valence-corrected chi connectivity index (χ1v) is 7.24. The highest BCUT2D eigenvalue weighted by Gasteiger charge is 2.29. The summed E-state index contributed by atoms with van der Waals surface area (Å²) in [6.45, 7) is 0. The third-order valence-corrected chi connectivity index (χ3v) is 3.98. The summed E-state index contributed by atoms with van der Waals surface area (Å²) in [5.41, 5.74) is 2.67. The summed E-state index contributed by atoms with van der Waals surface area (Å²) in [5.74, 6) is 0.172. The van der Waals surface area contributed by atoms with Crippen molar-refractivity contribution >= 4 is 11.7 Å². The molecule has 0 fully saturated rings. The lowest BCUT2D eigenvalue weighted by Crippen LogP contribution is -2.22. The van der Waals surface area contributed by atoms with Crippen LogP contribution in [0.4, 0.5) is 10.2 Å². The molecular weight excluding hydrogens is 297 g/mol. The molecule has 3 heterocycles. The first-order chi connectivity index (χ1) is 11.1. The molecule has 3 aromatic rings. The minimum Gasteiger partial charge on any atom is -0.309 e. The van der Waals surface area contributed by atoms with Crippen molar-refractivity contribution in [1.82, 2.24) is 19.6 Å². The highest BCUT2D eigenvalue weighted by Crippen LogP contribution is 2.36. The Morgan fingerprint density at radius 2 is 2.04 bits per heavy atom. The van der Waals surface area contributed by atoms with Gasteiger partial charge in [0.15, 0.2) is 5.82 Å². The largest absolute Gasteiger partial charge is 0.309 e. The number of anilines is 1. The Balaban J connectivity index is 1.71. The van der Waals surface area contributed by atoms with Gasteiger partial charge < -0.3 is 5.32 Å². The second-order valence-corrected chi connectivity index (χ2v) is 5.61. The van der Waals surface area contributed by atoms with Crippen LogP contribution < -0.4 is 5.32 Å². The molecule has 7 heteroatoms. The van der Waals surface area contributed by atoms with Gasteiger partial charge in [0.25, 0.3) is 0 Å². The van der Waals surface area contributed by atoms with Crippen LogP contribution in [0.25, 0.3) is 5.69 Å². The van der Waals surface area contributed by atoms with E-state index in [1.807, 2.05) is 19.4 Å². The van der Waals surface area contributed by atoms with E-state index in [-0.39, 0.29) is 17.6 Å². The molecule has 0 radical (unpaired) electrons. The van der Waals surface area contributed by atoms with Crippen LogP contribution in [0.3, 0.4) is 0 Å². The molecule has 6 nitrogen and oxygen atoms in total. The van der Waals surface area contributed by atoms with Gasteiger partial charge in [-0.2, -0.15) is 10.2 Å². The molecule has 4 rings (SSSR count). The van der Waals surface area contributed by atoms with Gasteiger partial charge in [-0.05, 0) is 29.8 Å². The van der Waals surface area contributed by atoms with Crippen molar-refractivity contribution in [3.63, 3.8) is 0 Å². The Morgan fingerprint density at radius 3 is 2.83 bits per heavy atom. The Morgan fingerprint density at radius 1 is 1.26 bits per heavy atom. The SMILES string of the molecule is Cn1cc2c(n1)NC(=O)CC2c1cnn(-c2ccc(F)cc2)c1. The molecule has 0 bridgehead atoms. The molecule has 0 saturated heterocycles. The van der Waals surface area contributed by atoms with Crippen LogP contribution in [-0.2, 0) is 11.8 Å². The average molecular weight is 311 g/mol. The first kappa shape index (κ1) is 13.7. The lowest BCUT2D eigenvalue weighted by molar-refractivity contribution is -0.116. The Hall–Kier alpha value is -2.96.